The summed E-state index contributed by atoms with van der Waals surface area (Å²) in [5, 5.41) is 7.20. The van der Waals surface area contributed by atoms with Gasteiger partial charge in [-0.1, -0.05) is 194 Å². The zero-order valence-electron chi connectivity index (χ0n) is 59.9. The maximum absolute atomic E-state index is 13.1. The average Bonchev–Trinajstić information content (AvgIpc) is 1.61. The Balaban J connectivity index is 0.000000130. The molecule has 18 rings (SSSR count). The Kier molecular flexibility index (Phi) is 24.1. The molecular formula is C94H68BrN4O11-. The van der Waals surface area contributed by atoms with E-state index in [4.69, 9.17) is 17.7 Å². The first-order chi connectivity index (χ1) is 54.0. The summed E-state index contributed by atoms with van der Waals surface area (Å²) in [7, 11) is 0. The molecule has 16 heteroatoms. The lowest BCUT2D eigenvalue weighted by molar-refractivity contribution is 0.0918. The third kappa shape index (κ3) is 18.2. The van der Waals surface area contributed by atoms with Crippen LogP contribution in [0.25, 0.3) is 27.6 Å². The number of fused-ring (bicyclic) bond motifs is 4. The lowest BCUT2D eigenvalue weighted by atomic mass is 10.0. The number of halogens is 1. The second-order valence-electron chi connectivity index (χ2n) is 24.6. The van der Waals surface area contributed by atoms with E-state index in [1.165, 1.54) is 0 Å². The Bertz CT molecular complexity index is 5470. The Morgan fingerprint density at radius 2 is 0.545 bits per heavy atom. The molecule has 4 heterocycles. The molecule has 1 N–H and O–H groups in total. The molecular weight excluding hydrogens is 1440 g/mol. The van der Waals surface area contributed by atoms with Gasteiger partial charge in [-0.05, 0) is 195 Å². The normalized spacial score (nSPS) is 11.4. The van der Waals surface area contributed by atoms with Gasteiger partial charge in [0.1, 0.15) is 5.76 Å². The minimum absolute atomic E-state index is 0. The largest absolute Gasteiger partial charge is 1.00 e. The van der Waals surface area contributed by atoms with E-state index in [0.717, 1.165) is 67.0 Å². The molecule has 2 aliphatic carbocycles. The van der Waals surface area contributed by atoms with E-state index in [-0.39, 0.29) is 36.6 Å². The number of furan rings is 4. The molecule has 0 radical (unpaired) electrons. The van der Waals surface area contributed by atoms with Crippen LogP contribution in [0.3, 0.4) is 0 Å². The maximum Gasteiger partial charge on any atom is 0.205 e. The van der Waals surface area contributed by atoms with Crippen molar-refractivity contribution in [3.8, 4) is 0 Å². The maximum atomic E-state index is 13.1. The van der Waals surface area contributed by atoms with Gasteiger partial charge in [0.05, 0.1) is 12.0 Å². The number of rotatable bonds is 15. The molecule has 0 saturated heterocycles. The molecule has 0 unspecified atom stereocenters. The highest BCUT2D eigenvalue weighted by Crippen LogP contribution is 2.40. The number of allylic oxidation sites excluding steroid dienone is 1. The molecule has 12 aromatic carbocycles. The number of ketones is 4. The second kappa shape index (κ2) is 35.9. The highest BCUT2D eigenvalue weighted by atomic mass is 79.9. The molecule has 16 aromatic rings. The number of para-hydroxylation sites is 8. The van der Waals surface area contributed by atoms with Crippen molar-refractivity contribution < 1.29 is 52.7 Å². The Morgan fingerprint density at radius 3 is 0.818 bits per heavy atom. The molecule has 0 amide bonds. The van der Waals surface area contributed by atoms with Crippen molar-refractivity contribution in [1.82, 2.24) is 0 Å². The molecule has 0 saturated carbocycles. The number of carbonyl (C=O) groups is 7. The van der Waals surface area contributed by atoms with Crippen molar-refractivity contribution in [1.29, 1.82) is 0 Å². The van der Waals surface area contributed by atoms with Gasteiger partial charge >= 0.3 is 0 Å². The van der Waals surface area contributed by atoms with Crippen molar-refractivity contribution in [2.24, 2.45) is 0 Å². The van der Waals surface area contributed by atoms with Gasteiger partial charge in [0.2, 0.25) is 17.7 Å². The Hall–Kier alpha value is -14.6. The minimum atomic E-state index is -0.272. The molecule has 0 atom stereocenters. The number of nitrogens with one attached hydrogen (secondary N) is 1. The van der Waals surface area contributed by atoms with Crippen LogP contribution in [0.1, 0.15) is 86.7 Å². The number of hydrogen-bond donors (Lipinski definition) is 1. The van der Waals surface area contributed by atoms with Gasteiger partial charge in [-0.25, -0.2) is 0 Å². The van der Waals surface area contributed by atoms with Gasteiger partial charge in [0.25, 0.3) is 0 Å². The Labute approximate surface area is 643 Å². The van der Waals surface area contributed by atoms with E-state index in [1.54, 1.807) is 60.7 Å². The van der Waals surface area contributed by atoms with Gasteiger partial charge < -0.3 is 24.4 Å². The summed E-state index contributed by atoms with van der Waals surface area (Å²) in [5.74, 6) is 2.59. The minimum Gasteiger partial charge on any atom is -1.00 e. The summed E-state index contributed by atoms with van der Waals surface area (Å²) in [5.41, 5.74) is 10.2. The summed E-state index contributed by atoms with van der Waals surface area (Å²) < 4.78 is 22.6. The zero-order valence-corrected chi connectivity index (χ0v) is 60.5. The van der Waals surface area contributed by atoms with Crippen LogP contribution in [-0.2, 0) is 0 Å². The number of carbonyl (C=O) groups excluding carboxylic acids is 7. The van der Waals surface area contributed by atoms with Crippen LogP contribution in [0, 0.1) is 0 Å². The fraction of sp³-hybridized carbons (Fsp3) is 0.0106. The van der Waals surface area contributed by atoms with Gasteiger partial charge in [-0.15, -0.1) is 0 Å². The number of aldehydes is 3. The molecule has 2 aliphatic rings. The SMILES string of the molecule is O=C1C(=Cc2ccc(N(c3ccccc3)c3ccccc3)o2)C(=O)c2cc3ccccc3cc21.O=C1CC(=O)c2cc3ccccc3cc21.O=Cc1ccc(Br)o1.O=Cc1ccc(N(c2ccccc2)c2ccccc2)o1.O=Cc1ccc(N(c2ccccc2)c2ccccc2)o1.[2H-].c1ccc(Nc2ccccc2)cc1. The first-order valence-electron chi connectivity index (χ1n) is 34.9. The van der Waals surface area contributed by atoms with E-state index in [1.807, 2.05) is 324 Å². The first kappa shape index (κ1) is 73.7. The molecule has 0 bridgehead atoms. The van der Waals surface area contributed by atoms with E-state index in [0.29, 0.717) is 86.5 Å². The van der Waals surface area contributed by atoms with Crippen molar-refractivity contribution in [3.05, 3.63) is 420 Å². The van der Waals surface area contributed by atoms with Crippen LogP contribution in [-0.4, -0.2) is 42.0 Å². The standard InChI is InChI=1S/C30H19NO3.2C17H13NO2.C13H8O2.C12H11N.C5H3BrO2.H/c32-29-25-17-20-9-7-8-10-21(20)18-26(25)30(33)27(29)19-24-15-16-28(34-24)31(22-11-3-1-4-12-22)23-13-5-2-6-14-23;2*19-13-16-11-12-17(20-16)18(14-7-3-1-4-8-14)15-9-5-2-6-10-15;14-12-7-13(15)11-6-9-4-2-1-3-8(9)5-10(11)12;1-3-7-11(8-4-1)13-12-9-5-2-6-10-12;6-5-2-1-4(3-7)8-5;/h1-19H;2*1-13H;1-6H,7H2;1-10,13H;1-3H;/q;;;;;;-1/i;;;;;;1+1. The van der Waals surface area contributed by atoms with Crippen LogP contribution in [0.2, 0.25) is 0 Å². The lowest BCUT2D eigenvalue weighted by Crippen LogP contribution is -2.08. The third-order valence-corrected chi connectivity index (χ3v) is 17.7. The zero-order chi connectivity index (χ0) is 76.0. The van der Waals surface area contributed by atoms with Crippen molar-refractivity contribution >= 4 is 149 Å². The predicted octanol–water partition coefficient (Wildman–Crippen LogP) is 24.5. The Morgan fingerprint density at radius 1 is 0.291 bits per heavy atom. The van der Waals surface area contributed by atoms with E-state index in [9.17, 15) is 33.6 Å². The summed E-state index contributed by atoms with van der Waals surface area (Å²) >= 11 is 3.05. The molecule has 0 fully saturated rings. The predicted molar refractivity (Wildman–Crippen MR) is 438 cm³/mol. The fourth-order valence-corrected chi connectivity index (χ4v) is 12.5. The van der Waals surface area contributed by atoms with E-state index >= 15 is 0 Å². The lowest BCUT2D eigenvalue weighted by Gasteiger charge is -2.22. The van der Waals surface area contributed by atoms with Gasteiger partial charge in [0, 0.05) is 86.0 Å². The molecule has 0 spiro atoms. The van der Waals surface area contributed by atoms with Crippen LogP contribution in [0.15, 0.2) is 392 Å². The van der Waals surface area contributed by atoms with E-state index in [2.05, 4.69) is 21.2 Å². The highest BCUT2D eigenvalue weighted by Gasteiger charge is 2.34. The monoisotopic (exact) mass is 1510 g/mol. The van der Waals surface area contributed by atoms with Crippen LogP contribution >= 0.6 is 15.9 Å². The van der Waals surface area contributed by atoms with Crippen molar-refractivity contribution in [2.45, 2.75) is 6.42 Å². The topological polar surface area (TPSA) is 194 Å². The quantitative estimate of drug-likeness (QED) is 0.0440. The van der Waals surface area contributed by atoms with Crippen LogP contribution in [0.4, 0.5) is 63.2 Å². The third-order valence-electron chi connectivity index (χ3n) is 17.3. The number of nitrogens with zero attached hydrogens (tertiary/aromatic N) is 3. The summed E-state index contributed by atoms with van der Waals surface area (Å²) in [4.78, 5) is 86.6. The van der Waals surface area contributed by atoms with Gasteiger partial charge in [-0.2, -0.15) is 0 Å². The summed E-state index contributed by atoms with van der Waals surface area (Å²) in [6, 6.07) is 116. The van der Waals surface area contributed by atoms with Crippen LogP contribution in [0.5, 0.6) is 0 Å². The number of benzene rings is 12. The average molecular weight is 1510 g/mol. The number of Topliss-reactive ketones (excluding diaryl/α,β-unsaturated/α-hetero) is 4. The molecule has 15 nitrogen and oxygen atoms in total. The second-order valence-corrected chi connectivity index (χ2v) is 25.4. The summed E-state index contributed by atoms with van der Waals surface area (Å²) in [6.07, 6.45) is 3.65. The van der Waals surface area contributed by atoms with Crippen molar-refractivity contribution in [2.75, 3.05) is 20.0 Å². The first-order valence-corrected chi connectivity index (χ1v) is 35.7. The smallest absolute Gasteiger partial charge is 0.205 e. The molecule has 538 valence electrons. The van der Waals surface area contributed by atoms with Crippen LogP contribution < -0.4 is 20.0 Å². The number of hydrogen-bond acceptors (Lipinski definition) is 15. The van der Waals surface area contributed by atoms with Crippen molar-refractivity contribution in [3.63, 3.8) is 0 Å². The summed E-state index contributed by atoms with van der Waals surface area (Å²) in [6.45, 7) is 0. The van der Waals surface area contributed by atoms with Gasteiger partial charge in [-0.3, -0.25) is 48.3 Å². The number of anilines is 11. The van der Waals surface area contributed by atoms with Gasteiger partial charge in [0.15, 0.2) is 63.9 Å². The molecule has 4 aromatic heterocycles. The van der Waals surface area contributed by atoms with E-state index < -0.39 is 0 Å². The molecule has 110 heavy (non-hydrogen) atoms. The molecule has 0 aliphatic heterocycles. The fourth-order valence-electron chi connectivity index (χ4n) is 12.2. The highest BCUT2D eigenvalue weighted by molar-refractivity contribution is 9.10.